The summed E-state index contributed by atoms with van der Waals surface area (Å²) in [5.41, 5.74) is 3.18. The lowest BCUT2D eigenvalue weighted by Crippen LogP contribution is -2.30. The molecule has 6 nitrogen and oxygen atoms in total. The number of nitrogens with one attached hydrogen (secondary N) is 1. The molecule has 0 fully saturated rings. The van der Waals surface area contributed by atoms with Gasteiger partial charge in [-0.15, -0.1) is 0 Å². The molecule has 0 aliphatic carbocycles. The fourth-order valence-electron chi connectivity index (χ4n) is 4.51. The fourth-order valence-corrected chi connectivity index (χ4v) is 5.52. The molecule has 0 saturated heterocycles. The number of carbonyl (C=O) groups excluding carboxylic acids is 1. The molecule has 7 heteroatoms. The van der Waals surface area contributed by atoms with E-state index in [4.69, 9.17) is 4.52 Å². The van der Waals surface area contributed by atoms with Crippen molar-refractivity contribution in [1.29, 1.82) is 0 Å². The molecule has 228 valence electrons. The van der Waals surface area contributed by atoms with Crippen molar-refractivity contribution in [3.05, 3.63) is 109 Å². The molecule has 2 aromatic carbocycles. The predicted octanol–water partition coefficient (Wildman–Crippen LogP) is 9.27. The van der Waals surface area contributed by atoms with Gasteiger partial charge in [0.2, 0.25) is 5.91 Å². The van der Waals surface area contributed by atoms with Crippen LogP contribution in [0.1, 0.15) is 76.9 Å². The molecule has 0 atom stereocenters. The van der Waals surface area contributed by atoms with Gasteiger partial charge in [0, 0.05) is 12.0 Å². The van der Waals surface area contributed by atoms with E-state index in [1.807, 2.05) is 43.3 Å². The Morgan fingerprint density at radius 3 is 1.95 bits per heavy atom. The van der Waals surface area contributed by atoms with Crippen molar-refractivity contribution in [2.24, 2.45) is 0 Å². The molecule has 0 aliphatic heterocycles. The largest absolute Gasteiger partial charge is 0.360 e. The van der Waals surface area contributed by atoms with E-state index in [1.165, 1.54) is 37.8 Å². The minimum atomic E-state index is -3.97. The number of benzene rings is 2. The van der Waals surface area contributed by atoms with Crippen molar-refractivity contribution in [3.63, 3.8) is 0 Å². The van der Waals surface area contributed by atoms with Crippen LogP contribution >= 0.6 is 0 Å². The zero-order chi connectivity index (χ0) is 30.8. The minimum Gasteiger partial charge on any atom is -0.360 e. The van der Waals surface area contributed by atoms with E-state index in [0.717, 1.165) is 36.0 Å². The van der Waals surface area contributed by atoms with Crippen molar-refractivity contribution >= 4 is 15.9 Å². The normalized spacial score (nSPS) is 12.3. The van der Waals surface area contributed by atoms with Gasteiger partial charge >= 0.3 is 0 Å². The number of allylic oxidation sites excluding steroid dienone is 8. The summed E-state index contributed by atoms with van der Waals surface area (Å²) in [6, 6.07) is 16.0. The Labute approximate surface area is 257 Å². The molecule has 0 bridgehead atoms. The lowest BCUT2D eigenvalue weighted by atomic mass is 10.00. The molecule has 3 aromatic rings. The number of hydrogen-bond acceptors (Lipinski definition) is 5. The first-order valence-electron chi connectivity index (χ1n) is 15.2. The Morgan fingerprint density at radius 1 is 0.767 bits per heavy atom. The van der Waals surface area contributed by atoms with Gasteiger partial charge in [0.1, 0.15) is 11.5 Å². The summed E-state index contributed by atoms with van der Waals surface area (Å²) in [7, 11) is -3.97. The summed E-state index contributed by atoms with van der Waals surface area (Å²) in [5.74, 6) is 0.123. The molecule has 0 spiro atoms. The third-order valence-electron chi connectivity index (χ3n) is 6.84. The molecule has 1 amide bonds. The number of aromatic nitrogens is 1. The van der Waals surface area contributed by atoms with Crippen LogP contribution < -0.4 is 4.72 Å². The summed E-state index contributed by atoms with van der Waals surface area (Å²) in [5, 5.41) is 4.19. The van der Waals surface area contributed by atoms with E-state index in [9.17, 15) is 13.2 Å². The van der Waals surface area contributed by atoms with Crippen LogP contribution in [0.15, 0.2) is 113 Å². The van der Waals surface area contributed by atoms with E-state index >= 15 is 0 Å². The average molecular weight is 601 g/mol. The molecule has 1 aromatic heterocycles. The van der Waals surface area contributed by atoms with Crippen LogP contribution in [0.3, 0.4) is 0 Å². The molecule has 1 heterocycles. The molecule has 1 N–H and O–H groups in total. The topological polar surface area (TPSA) is 89.3 Å². The highest BCUT2D eigenvalue weighted by molar-refractivity contribution is 7.90. The summed E-state index contributed by atoms with van der Waals surface area (Å²) in [6.45, 7) is 4.04. The van der Waals surface area contributed by atoms with Crippen molar-refractivity contribution in [3.8, 4) is 22.4 Å². The summed E-state index contributed by atoms with van der Waals surface area (Å²) in [4.78, 5) is 12.4. The third-order valence-corrected chi connectivity index (χ3v) is 8.23. The number of nitrogens with zero attached hydrogens (tertiary/aromatic N) is 1. The van der Waals surface area contributed by atoms with Crippen LogP contribution in [0.4, 0.5) is 0 Å². The number of unbranched alkanes of at least 4 members (excludes halogenated alkanes) is 4. The fraction of sp³-hybridized carbons (Fsp3) is 0.333. The Hall–Kier alpha value is -3.97. The summed E-state index contributed by atoms with van der Waals surface area (Å²) < 4.78 is 33.2. The second-order valence-electron chi connectivity index (χ2n) is 10.4. The quantitative estimate of drug-likeness (QED) is 0.116. The Bertz CT molecular complexity index is 1480. The van der Waals surface area contributed by atoms with Crippen LogP contribution in [0.5, 0.6) is 0 Å². The Morgan fingerprint density at radius 2 is 1.35 bits per heavy atom. The molecule has 0 aliphatic rings. The van der Waals surface area contributed by atoms with Crippen molar-refractivity contribution in [1.82, 2.24) is 9.88 Å². The molecular weight excluding hydrogens is 556 g/mol. The van der Waals surface area contributed by atoms with Crippen molar-refractivity contribution in [2.75, 3.05) is 0 Å². The van der Waals surface area contributed by atoms with Crippen molar-refractivity contribution < 1.29 is 17.7 Å². The van der Waals surface area contributed by atoms with Gasteiger partial charge < -0.3 is 4.52 Å². The SMILES string of the molecule is CCCCC/C=C\C/C=C\C/C=C\C/C=C\CCCC(=O)NS(=O)(=O)c1ccc(-c2c(-c3ccccc3)noc2C)cc1. The molecular formula is C36H44N2O4S. The zero-order valence-corrected chi connectivity index (χ0v) is 26.2. The highest BCUT2D eigenvalue weighted by atomic mass is 32.2. The predicted molar refractivity (Wildman–Crippen MR) is 176 cm³/mol. The van der Waals surface area contributed by atoms with Gasteiger partial charge in [0.15, 0.2) is 0 Å². The first-order chi connectivity index (χ1) is 20.9. The molecule has 0 saturated carbocycles. The van der Waals surface area contributed by atoms with Crippen LogP contribution in [0, 0.1) is 6.92 Å². The third kappa shape index (κ3) is 11.7. The van der Waals surface area contributed by atoms with Crippen LogP contribution in [-0.2, 0) is 14.8 Å². The maximum atomic E-state index is 12.8. The van der Waals surface area contributed by atoms with Crippen LogP contribution in [-0.4, -0.2) is 19.5 Å². The second kappa shape index (κ2) is 18.5. The number of carbonyl (C=O) groups is 1. The first kappa shape index (κ1) is 33.5. The van der Waals surface area contributed by atoms with Gasteiger partial charge in [0.25, 0.3) is 10.0 Å². The van der Waals surface area contributed by atoms with Gasteiger partial charge in [-0.1, -0.05) is 116 Å². The molecule has 0 unspecified atom stereocenters. The van der Waals surface area contributed by atoms with Crippen LogP contribution in [0.25, 0.3) is 22.4 Å². The van der Waals surface area contributed by atoms with E-state index in [-0.39, 0.29) is 11.3 Å². The van der Waals surface area contributed by atoms with E-state index < -0.39 is 15.9 Å². The number of sulfonamides is 1. The maximum absolute atomic E-state index is 12.8. The van der Waals surface area contributed by atoms with E-state index in [0.29, 0.717) is 24.3 Å². The number of amides is 1. The highest BCUT2D eigenvalue weighted by Gasteiger charge is 2.20. The Kier molecular flexibility index (Phi) is 14.5. The smallest absolute Gasteiger partial charge is 0.264 e. The number of aryl methyl sites for hydroxylation is 1. The van der Waals surface area contributed by atoms with Gasteiger partial charge in [0.05, 0.1) is 10.5 Å². The number of hydrogen-bond donors (Lipinski definition) is 1. The van der Waals surface area contributed by atoms with Crippen molar-refractivity contribution in [2.45, 2.75) is 83.0 Å². The van der Waals surface area contributed by atoms with Gasteiger partial charge in [-0.05, 0) is 69.6 Å². The minimum absolute atomic E-state index is 0.0281. The second-order valence-corrected chi connectivity index (χ2v) is 12.0. The lowest BCUT2D eigenvalue weighted by molar-refractivity contribution is -0.119. The van der Waals surface area contributed by atoms with Gasteiger partial charge in [-0.2, -0.15) is 0 Å². The number of rotatable bonds is 18. The monoisotopic (exact) mass is 600 g/mol. The molecule has 0 radical (unpaired) electrons. The summed E-state index contributed by atoms with van der Waals surface area (Å²) >= 11 is 0. The zero-order valence-electron chi connectivity index (χ0n) is 25.4. The van der Waals surface area contributed by atoms with Crippen LogP contribution in [0.2, 0.25) is 0 Å². The lowest BCUT2D eigenvalue weighted by Gasteiger charge is -2.08. The average Bonchev–Trinajstić information content (AvgIpc) is 3.40. The van der Waals surface area contributed by atoms with E-state index in [2.05, 4.69) is 59.3 Å². The first-order valence-corrected chi connectivity index (χ1v) is 16.7. The standard InChI is InChI=1S/C36H44N2O4S/c1-3-4-5-6-7-8-9-10-11-12-13-14-15-16-17-18-22-25-34(39)38-43(40,41)33-28-26-31(27-29-33)35-30(2)42-37-36(35)32-23-20-19-21-24-32/h7-8,10-11,13-14,16-17,19-21,23-24,26-29H,3-6,9,12,15,18,22,25H2,1-2H3,(H,38,39)/b8-7-,11-10-,14-13-,17-16-. The van der Waals surface area contributed by atoms with Gasteiger partial charge in [-0.25, -0.2) is 13.1 Å². The summed E-state index contributed by atoms with van der Waals surface area (Å²) in [6.07, 6.45) is 26.4. The highest BCUT2D eigenvalue weighted by Crippen LogP contribution is 2.34. The van der Waals surface area contributed by atoms with E-state index in [1.54, 1.807) is 12.1 Å². The molecule has 3 rings (SSSR count). The Balaban J connectivity index is 1.36. The molecule has 43 heavy (non-hydrogen) atoms. The van der Waals surface area contributed by atoms with Gasteiger partial charge in [-0.3, -0.25) is 4.79 Å². The maximum Gasteiger partial charge on any atom is 0.264 e.